The normalized spacial score (nSPS) is 10.6. The Morgan fingerprint density at radius 2 is 1.81 bits per heavy atom. The summed E-state index contributed by atoms with van der Waals surface area (Å²) < 4.78 is 1.92. The largest absolute Gasteiger partial charge is 0.325 e. The SMILES string of the molecule is CC(=O)c1cccc(NC(=O)CSc2nnc(C)n2-c2ccc(C)cc2)c1. The maximum absolute atomic E-state index is 12.3. The molecule has 0 saturated carbocycles. The molecule has 3 rings (SSSR count). The summed E-state index contributed by atoms with van der Waals surface area (Å²) in [5.74, 6) is 0.740. The number of ketones is 1. The maximum atomic E-state index is 12.3. The van der Waals surface area contributed by atoms with Crippen molar-refractivity contribution in [3.05, 3.63) is 65.5 Å². The fraction of sp³-hybridized carbons (Fsp3) is 0.200. The molecular formula is C20H20N4O2S. The number of amides is 1. The number of anilines is 1. The lowest BCUT2D eigenvalue weighted by Crippen LogP contribution is -2.15. The minimum Gasteiger partial charge on any atom is -0.325 e. The van der Waals surface area contributed by atoms with Crippen LogP contribution in [0.25, 0.3) is 5.69 Å². The predicted octanol–water partition coefficient (Wildman–Crippen LogP) is 3.82. The third kappa shape index (κ3) is 4.62. The Balaban J connectivity index is 1.68. The quantitative estimate of drug-likeness (QED) is 0.520. The smallest absolute Gasteiger partial charge is 0.234 e. The summed E-state index contributed by atoms with van der Waals surface area (Å²) in [6.45, 7) is 5.41. The predicted molar refractivity (Wildman–Crippen MR) is 107 cm³/mol. The van der Waals surface area contributed by atoms with E-state index in [1.807, 2.05) is 42.7 Å². The molecular weight excluding hydrogens is 360 g/mol. The summed E-state index contributed by atoms with van der Waals surface area (Å²) in [6, 6.07) is 15.0. The van der Waals surface area contributed by atoms with Gasteiger partial charge in [-0.3, -0.25) is 14.2 Å². The van der Waals surface area contributed by atoms with E-state index in [4.69, 9.17) is 0 Å². The lowest BCUT2D eigenvalue weighted by atomic mass is 10.1. The van der Waals surface area contributed by atoms with E-state index in [1.54, 1.807) is 24.3 Å². The molecule has 27 heavy (non-hydrogen) atoms. The Labute approximate surface area is 162 Å². The summed E-state index contributed by atoms with van der Waals surface area (Å²) in [5, 5.41) is 11.8. The third-order valence-electron chi connectivity index (χ3n) is 3.97. The van der Waals surface area contributed by atoms with Crippen molar-refractivity contribution in [2.75, 3.05) is 11.1 Å². The third-order valence-corrected chi connectivity index (χ3v) is 4.90. The Morgan fingerprint density at radius 3 is 2.52 bits per heavy atom. The van der Waals surface area contributed by atoms with Crippen LogP contribution in [0.1, 0.15) is 28.7 Å². The molecule has 0 aliphatic carbocycles. The Hall–Kier alpha value is -2.93. The molecule has 0 unspecified atom stereocenters. The second-order valence-electron chi connectivity index (χ2n) is 6.17. The van der Waals surface area contributed by atoms with E-state index in [0.29, 0.717) is 16.4 Å². The van der Waals surface area contributed by atoms with E-state index in [0.717, 1.165) is 11.5 Å². The number of benzene rings is 2. The van der Waals surface area contributed by atoms with Gasteiger partial charge >= 0.3 is 0 Å². The lowest BCUT2D eigenvalue weighted by molar-refractivity contribution is -0.113. The first-order valence-corrected chi connectivity index (χ1v) is 9.45. The monoisotopic (exact) mass is 380 g/mol. The van der Waals surface area contributed by atoms with Crippen LogP contribution in [0, 0.1) is 13.8 Å². The van der Waals surface area contributed by atoms with E-state index < -0.39 is 0 Å². The molecule has 0 aliphatic rings. The maximum Gasteiger partial charge on any atom is 0.234 e. The number of nitrogens with zero attached hydrogens (tertiary/aromatic N) is 3. The molecule has 6 nitrogen and oxygen atoms in total. The molecule has 1 amide bonds. The summed E-state index contributed by atoms with van der Waals surface area (Å²) in [5.41, 5.74) is 3.30. The molecule has 0 spiro atoms. The van der Waals surface area contributed by atoms with Crippen molar-refractivity contribution in [1.82, 2.24) is 14.8 Å². The van der Waals surface area contributed by atoms with Crippen LogP contribution in [-0.4, -0.2) is 32.2 Å². The highest BCUT2D eigenvalue weighted by molar-refractivity contribution is 7.99. The van der Waals surface area contributed by atoms with Gasteiger partial charge in [-0.15, -0.1) is 10.2 Å². The van der Waals surface area contributed by atoms with E-state index in [9.17, 15) is 9.59 Å². The minimum absolute atomic E-state index is 0.0397. The second-order valence-corrected chi connectivity index (χ2v) is 7.12. The number of carbonyl (C=O) groups excluding carboxylic acids is 2. The van der Waals surface area contributed by atoms with E-state index in [1.165, 1.54) is 24.2 Å². The topological polar surface area (TPSA) is 76.9 Å². The first kappa shape index (κ1) is 18.8. The molecule has 1 heterocycles. The first-order chi connectivity index (χ1) is 12.9. The van der Waals surface area contributed by atoms with Crippen LogP contribution in [0.4, 0.5) is 5.69 Å². The average molecular weight is 380 g/mol. The van der Waals surface area contributed by atoms with Crippen molar-refractivity contribution >= 4 is 29.1 Å². The van der Waals surface area contributed by atoms with Gasteiger partial charge in [-0.2, -0.15) is 0 Å². The van der Waals surface area contributed by atoms with Gasteiger partial charge in [-0.05, 0) is 45.0 Å². The van der Waals surface area contributed by atoms with Gasteiger partial charge in [-0.1, -0.05) is 41.6 Å². The van der Waals surface area contributed by atoms with Crippen LogP contribution in [-0.2, 0) is 4.79 Å². The number of Topliss-reactive ketones (excluding diaryl/α,β-unsaturated/α-hetero) is 1. The standard InChI is InChI=1S/C20H20N4O2S/c1-13-7-9-18(10-8-13)24-15(3)22-23-20(24)27-12-19(26)21-17-6-4-5-16(11-17)14(2)25/h4-11H,12H2,1-3H3,(H,21,26). The molecule has 0 radical (unpaired) electrons. The van der Waals surface area contributed by atoms with Crippen molar-refractivity contribution in [1.29, 1.82) is 0 Å². The molecule has 138 valence electrons. The molecule has 1 aromatic heterocycles. The van der Waals surface area contributed by atoms with Crippen molar-refractivity contribution in [3.8, 4) is 5.69 Å². The first-order valence-electron chi connectivity index (χ1n) is 8.47. The van der Waals surface area contributed by atoms with Gasteiger partial charge in [0, 0.05) is 16.9 Å². The van der Waals surface area contributed by atoms with Crippen LogP contribution in [0.3, 0.4) is 0 Å². The van der Waals surface area contributed by atoms with Crippen LogP contribution < -0.4 is 5.32 Å². The highest BCUT2D eigenvalue weighted by Gasteiger charge is 2.13. The number of nitrogens with one attached hydrogen (secondary N) is 1. The molecule has 0 atom stereocenters. The summed E-state index contributed by atoms with van der Waals surface area (Å²) in [6.07, 6.45) is 0. The average Bonchev–Trinajstić information content (AvgIpc) is 3.01. The molecule has 1 N–H and O–H groups in total. The Bertz CT molecular complexity index is 980. The van der Waals surface area contributed by atoms with Gasteiger partial charge in [-0.25, -0.2) is 0 Å². The molecule has 2 aromatic carbocycles. The molecule has 0 saturated heterocycles. The number of rotatable bonds is 6. The van der Waals surface area contributed by atoms with E-state index >= 15 is 0 Å². The lowest BCUT2D eigenvalue weighted by Gasteiger charge is -2.09. The Kier molecular flexibility index (Phi) is 5.71. The Morgan fingerprint density at radius 1 is 1.07 bits per heavy atom. The van der Waals surface area contributed by atoms with Crippen molar-refractivity contribution in [3.63, 3.8) is 0 Å². The van der Waals surface area contributed by atoms with Gasteiger partial charge in [0.25, 0.3) is 0 Å². The zero-order valence-corrected chi connectivity index (χ0v) is 16.2. The van der Waals surface area contributed by atoms with E-state index in [2.05, 4.69) is 15.5 Å². The molecule has 7 heteroatoms. The van der Waals surface area contributed by atoms with Crippen molar-refractivity contribution < 1.29 is 9.59 Å². The molecule has 0 bridgehead atoms. The fourth-order valence-electron chi connectivity index (χ4n) is 2.57. The molecule has 0 fully saturated rings. The number of hydrogen-bond acceptors (Lipinski definition) is 5. The van der Waals surface area contributed by atoms with Gasteiger partial charge in [0.15, 0.2) is 10.9 Å². The number of aromatic nitrogens is 3. The molecule has 0 aliphatic heterocycles. The van der Waals surface area contributed by atoms with Gasteiger partial charge in [0.1, 0.15) is 5.82 Å². The number of carbonyl (C=O) groups is 2. The highest BCUT2D eigenvalue weighted by atomic mass is 32.2. The van der Waals surface area contributed by atoms with Crippen LogP contribution in [0.15, 0.2) is 53.7 Å². The summed E-state index contributed by atoms with van der Waals surface area (Å²) >= 11 is 1.32. The number of thioether (sulfide) groups is 1. The van der Waals surface area contributed by atoms with Crippen molar-refractivity contribution in [2.45, 2.75) is 25.9 Å². The van der Waals surface area contributed by atoms with Gasteiger partial charge in [0.05, 0.1) is 5.75 Å². The van der Waals surface area contributed by atoms with Crippen LogP contribution >= 0.6 is 11.8 Å². The fourth-order valence-corrected chi connectivity index (χ4v) is 3.37. The highest BCUT2D eigenvalue weighted by Crippen LogP contribution is 2.22. The van der Waals surface area contributed by atoms with Gasteiger partial charge in [0.2, 0.25) is 5.91 Å². The van der Waals surface area contributed by atoms with E-state index in [-0.39, 0.29) is 17.4 Å². The molecule has 3 aromatic rings. The van der Waals surface area contributed by atoms with Gasteiger partial charge < -0.3 is 5.32 Å². The minimum atomic E-state index is -0.170. The second kappa shape index (κ2) is 8.18. The number of aryl methyl sites for hydroxylation is 2. The van der Waals surface area contributed by atoms with Crippen LogP contribution in [0.2, 0.25) is 0 Å². The van der Waals surface area contributed by atoms with Crippen molar-refractivity contribution in [2.24, 2.45) is 0 Å². The number of hydrogen-bond donors (Lipinski definition) is 1. The summed E-state index contributed by atoms with van der Waals surface area (Å²) in [4.78, 5) is 23.7. The zero-order chi connectivity index (χ0) is 19.4. The van der Waals surface area contributed by atoms with Crippen LogP contribution in [0.5, 0.6) is 0 Å². The zero-order valence-electron chi connectivity index (χ0n) is 15.4. The summed E-state index contributed by atoms with van der Waals surface area (Å²) in [7, 11) is 0.